The molecule has 2 fully saturated rings. The largest absolute Gasteiger partial charge is 0.384 e. The highest BCUT2D eigenvalue weighted by molar-refractivity contribution is 5.85. The fourth-order valence-corrected chi connectivity index (χ4v) is 2.58. The van der Waals surface area contributed by atoms with Crippen LogP contribution in [0.15, 0.2) is 0 Å². The third kappa shape index (κ3) is 5.95. The van der Waals surface area contributed by atoms with Gasteiger partial charge in [0.05, 0.1) is 13.2 Å². The van der Waals surface area contributed by atoms with E-state index in [1.54, 1.807) is 7.11 Å². The SMILES string of the molecule is COCC1(CNC(=O)COCC2CC2)CCNCC1.Cl. The molecule has 2 aliphatic rings. The second kappa shape index (κ2) is 8.82. The Kier molecular flexibility index (Phi) is 7.80. The van der Waals surface area contributed by atoms with Crippen molar-refractivity contribution in [1.29, 1.82) is 0 Å². The van der Waals surface area contributed by atoms with Gasteiger partial charge in [-0.15, -0.1) is 12.4 Å². The summed E-state index contributed by atoms with van der Waals surface area (Å²) in [6.07, 6.45) is 4.60. The van der Waals surface area contributed by atoms with E-state index in [4.69, 9.17) is 9.47 Å². The first kappa shape index (κ1) is 17.7. The van der Waals surface area contributed by atoms with E-state index in [9.17, 15) is 4.79 Å². The van der Waals surface area contributed by atoms with E-state index in [2.05, 4.69) is 10.6 Å². The molecular weight excluding hydrogens is 280 g/mol. The van der Waals surface area contributed by atoms with E-state index in [0.717, 1.165) is 32.5 Å². The molecule has 1 heterocycles. The van der Waals surface area contributed by atoms with Gasteiger partial charge in [-0.25, -0.2) is 0 Å². The van der Waals surface area contributed by atoms with E-state index in [0.29, 0.717) is 19.1 Å². The molecule has 118 valence electrons. The molecule has 5 nitrogen and oxygen atoms in total. The summed E-state index contributed by atoms with van der Waals surface area (Å²) in [6.45, 7) is 4.32. The Morgan fingerprint density at radius 3 is 2.65 bits per heavy atom. The monoisotopic (exact) mass is 306 g/mol. The third-order valence-electron chi connectivity index (χ3n) is 4.06. The van der Waals surface area contributed by atoms with Gasteiger partial charge in [-0.05, 0) is 44.7 Å². The van der Waals surface area contributed by atoms with Crippen molar-refractivity contribution in [3.05, 3.63) is 0 Å². The molecule has 0 unspecified atom stereocenters. The Bertz CT molecular complexity index is 287. The molecule has 0 aromatic heterocycles. The molecule has 1 saturated heterocycles. The molecular formula is C14H27ClN2O3. The molecule has 0 atom stereocenters. The number of hydrogen-bond acceptors (Lipinski definition) is 4. The van der Waals surface area contributed by atoms with Gasteiger partial charge < -0.3 is 20.1 Å². The molecule has 1 aliphatic heterocycles. The number of carbonyl (C=O) groups excluding carboxylic acids is 1. The summed E-state index contributed by atoms with van der Waals surface area (Å²) in [5, 5.41) is 6.35. The Labute approximate surface area is 127 Å². The number of halogens is 1. The van der Waals surface area contributed by atoms with Crippen LogP contribution in [0.25, 0.3) is 0 Å². The van der Waals surface area contributed by atoms with Gasteiger partial charge in [0.2, 0.25) is 5.91 Å². The maximum Gasteiger partial charge on any atom is 0.246 e. The smallest absolute Gasteiger partial charge is 0.246 e. The first-order valence-corrected chi connectivity index (χ1v) is 7.28. The highest BCUT2D eigenvalue weighted by Crippen LogP contribution is 2.29. The van der Waals surface area contributed by atoms with E-state index in [1.807, 2.05) is 0 Å². The van der Waals surface area contributed by atoms with Crippen molar-refractivity contribution in [3.63, 3.8) is 0 Å². The van der Waals surface area contributed by atoms with Crippen molar-refractivity contribution in [3.8, 4) is 0 Å². The molecule has 0 aromatic rings. The minimum absolute atomic E-state index is 0. The number of piperidine rings is 1. The Morgan fingerprint density at radius 1 is 1.35 bits per heavy atom. The summed E-state index contributed by atoms with van der Waals surface area (Å²) in [5.74, 6) is 0.701. The maximum absolute atomic E-state index is 11.7. The lowest BCUT2D eigenvalue weighted by Crippen LogP contribution is -2.47. The quantitative estimate of drug-likeness (QED) is 0.701. The van der Waals surface area contributed by atoms with E-state index < -0.39 is 0 Å². The molecule has 1 amide bonds. The molecule has 0 aromatic carbocycles. The summed E-state index contributed by atoms with van der Waals surface area (Å²) >= 11 is 0. The lowest BCUT2D eigenvalue weighted by atomic mass is 9.79. The molecule has 0 bridgehead atoms. The number of nitrogens with one attached hydrogen (secondary N) is 2. The van der Waals surface area contributed by atoms with E-state index >= 15 is 0 Å². The fraction of sp³-hybridized carbons (Fsp3) is 0.929. The van der Waals surface area contributed by atoms with Crippen molar-refractivity contribution in [2.24, 2.45) is 11.3 Å². The predicted molar refractivity (Wildman–Crippen MR) is 80.2 cm³/mol. The molecule has 2 rings (SSSR count). The van der Waals surface area contributed by atoms with Crippen LogP contribution in [-0.2, 0) is 14.3 Å². The lowest BCUT2D eigenvalue weighted by Gasteiger charge is -2.37. The molecule has 0 spiro atoms. The van der Waals surface area contributed by atoms with Crippen LogP contribution in [0.1, 0.15) is 25.7 Å². The van der Waals surface area contributed by atoms with Crippen LogP contribution in [0.5, 0.6) is 0 Å². The first-order valence-electron chi connectivity index (χ1n) is 7.28. The third-order valence-corrected chi connectivity index (χ3v) is 4.06. The van der Waals surface area contributed by atoms with Gasteiger partial charge in [-0.3, -0.25) is 4.79 Å². The lowest BCUT2D eigenvalue weighted by molar-refractivity contribution is -0.126. The zero-order valence-corrected chi connectivity index (χ0v) is 13.1. The van der Waals surface area contributed by atoms with Gasteiger partial charge in [-0.2, -0.15) is 0 Å². The average molecular weight is 307 g/mol. The Hall–Kier alpha value is -0.360. The van der Waals surface area contributed by atoms with Gasteiger partial charge in [0.1, 0.15) is 6.61 Å². The molecule has 6 heteroatoms. The minimum atomic E-state index is -0.00494. The molecule has 2 N–H and O–H groups in total. The van der Waals surface area contributed by atoms with Crippen molar-refractivity contribution in [2.75, 3.05) is 46.6 Å². The molecule has 0 radical (unpaired) electrons. The maximum atomic E-state index is 11.7. The zero-order chi connectivity index (χ0) is 13.6. The topological polar surface area (TPSA) is 59.6 Å². The van der Waals surface area contributed by atoms with Crippen LogP contribution >= 0.6 is 12.4 Å². The summed E-state index contributed by atoms with van der Waals surface area (Å²) in [6, 6.07) is 0. The van der Waals surface area contributed by atoms with Gasteiger partial charge in [0.25, 0.3) is 0 Å². The summed E-state index contributed by atoms with van der Waals surface area (Å²) in [7, 11) is 1.73. The van der Waals surface area contributed by atoms with Crippen LogP contribution in [0, 0.1) is 11.3 Å². The number of methoxy groups -OCH3 is 1. The molecule has 1 saturated carbocycles. The number of hydrogen-bond donors (Lipinski definition) is 2. The van der Waals surface area contributed by atoms with Crippen molar-refractivity contribution < 1.29 is 14.3 Å². The van der Waals surface area contributed by atoms with Gasteiger partial charge >= 0.3 is 0 Å². The molecule has 1 aliphatic carbocycles. The zero-order valence-electron chi connectivity index (χ0n) is 12.3. The number of amides is 1. The fourth-order valence-electron chi connectivity index (χ4n) is 2.58. The summed E-state index contributed by atoms with van der Waals surface area (Å²) in [5.41, 5.74) is 0.0894. The van der Waals surface area contributed by atoms with Gasteiger partial charge in [0.15, 0.2) is 0 Å². The van der Waals surface area contributed by atoms with Crippen molar-refractivity contribution in [1.82, 2.24) is 10.6 Å². The van der Waals surface area contributed by atoms with Gasteiger partial charge in [-0.1, -0.05) is 0 Å². The average Bonchev–Trinajstić information content (AvgIpc) is 3.22. The Morgan fingerprint density at radius 2 is 2.05 bits per heavy atom. The molecule has 20 heavy (non-hydrogen) atoms. The van der Waals surface area contributed by atoms with Gasteiger partial charge in [0, 0.05) is 19.1 Å². The number of carbonyl (C=O) groups is 1. The number of rotatable bonds is 8. The van der Waals surface area contributed by atoms with Crippen LogP contribution in [-0.4, -0.2) is 52.5 Å². The minimum Gasteiger partial charge on any atom is -0.384 e. The van der Waals surface area contributed by atoms with E-state index in [1.165, 1.54) is 12.8 Å². The highest BCUT2D eigenvalue weighted by atomic mass is 35.5. The second-order valence-electron chi connectivity index (χ2n) is 5.92. The van der Waals surface area contributed by atoms with Crippen LogP contribution in [0.4, 0.5) is 0 Å². The van der Waals surface area contributed by atoms with Crippen LogP contribution < -0.4 is 10.6 Å². The second-order valence-corrected chi connectivity index (χ2v) is 5.92. The van der Waals surface area contributed by atoms with Crippen molar-refractivity contribution >= 4 is 18.3 Å². The first-order chi connectivity index (χ1) is 9.24. The van der Waals surface area contributed by atoms with Crippen molar-refractivity contribution in [2.45, 2.75) is 25.7 Å². The van der Waals surface area contributed by atoms with E-state index in [-0.39, 0.29) is 30.3 Å². The number of ether oxygens (including phenoxy) is 2. The van der Waals surface area contributed by atoms with Crippen LogP contribution in [0.2, 0.25) is 0 Å². The Balaban J connectivity index is 0.00000200. The predicted octanol–water partition coefficient (Wildman–Crippen LogP) is 0.967. The summed E-state index contributed by atoms with van der Waals surface area (Å²) in [4.78, 5) is 11.7. The standard InChI is InChI=1S/C14H26N2O3.ClH/c1-18-11-14(4-6-15-7-5-14)10-16-13(17)9-19-8-12-2-3-12;/h12,15H,2-11H2,1H3,(H,16,17);1H. The normalized spacial score (nSPS) is 21.1. The highest BCUT2D eigenvalue weighted by Gasteiger charge is 2.32. The van der Waals surface area contributed by atoms with Crippen LogP contribution in [0.3, 0.4) is 0 Å². The summed E-state index contributed by atoms with van der Waals surface area (Å²) < 4.78 is 10.7.